The van der Waals surface area contributed by atoms with Crippen LogP contribution in [0.25, 0.3) is 33.4 Å². The van der Waals surface area contributed by atoms with Crippen LogP contribution in [0.1, 0.15) is 37.3 Å². The first-order valence-corrected chi connectivity index (χ1v) is 14.2. The Morgan fingerprint density at radius 2 is 1.17 bits per heavy atom. The van der Waals surface area contributed by atoms with Gasteiger partial charge in [-0.1, -0.05) is 92.0 Å². The first kappa shape index (κ1) is 29.4. The summed E-state index contributed by atoms with van der Waals surface area (Å²) in [5.41, 5.74) is 3.79. The monoisotopic (exact) mass is 588 g/mol. The molecule has 0 saturated carbocycles. The molecule has 0 amide bonds. The lowest BCUT2D eigenvalue weighted by Crippen LogP contribution is -2.21. The van der Waals surface area contributed by atoms with Gasteiger partial charge in [0.05, 0.1) is 5.56 Å². The molecular weight excluding hydrogens is 560 g/mol. The molecule has 0 bridgehead atoms. The number of unbranched alkanes of at least 4 members (excludes halogenated alkanes) is 2. The van der Waals surface area contributed by atoms with E-state index in [0.717, 1.165) is 24.0 Å². The highest BCUT2D eigenvalue weighted by atomic mass is 35.5. The van der Waals surface area contributed by atoms with E-state index in [1.165, 1.54) is 85.1 Å². The molecule has 0 atom stereocenters. The maximum Gasteiger partial charge on any atom is 0.426 e. The summed E-state index contributed by atoms with van der Waals surface area (Å²) in [6.07, 6.45) is 0.943. The van der Waals surface area contributed by atoms with Gasteiger partial charge in [-0.3, -0.25) is 0 Å². The Morgan fingerprint density at radius 1 is 0.619 bits per heavy atom. The van der Waals surface area contributed by atoms with Crippen molar-refractivity contribution in [3.8, 4) is 39.1 Å². The molecule has 0 aliphatic rings. The summed E-state index contributed by atoms with van der Waals surface area (Å²) in [6.45, 7) is 2.18. The molecule has 0 N–H and O–H groups in total. The second kappa shape index (κ2) is 12.8. The van der Waals surface area contributed by atoms with Crippen molar-refractivity contribution in [2.45, 2.75) is 38.7 Å². The van der Waals surface area contributed by atoms with Gasteiger partial charge in [0.15, 0.2) is 0 Å². The van der Waals surface area contributed by atoms with E-state index < -0.39 is 17.7 Å². The van der Waals surface area contributed by atoms with Crippen molar-refractivity contribution in [1.82, 2.24) is 0 Å². The Hall–Kier alpha value is -4.09. The summed E-state index contributed by atoms with van der Waals surface area (Å²) < 4.78 is 64.6. The van der Waals surface area contributed by atoms with Crippen molar-refractivity contribution in [3.05, 3.63) is 137 Å². The summed E-state index contributed by atoms with van der Waals surface area (Å²) in [5.74, 6) is -1.09. The molecule has 0 aliphatic heterocycles. The number of hydrogen-bond donors (Lipinski definition) is 0. The number of ether oxygens (including phenoxy) is 1. The molecule has 0 heterocycles. The fourth-order valence-electron chi connectivity index (χ4n) is 4.84. The van der Waals surface area contributed by atoms with Crippen molar-refractivity contribution >= 4 is 11.6 Å². The van der Waals surface area contributed by atoms with Gasteiger partial charge in [-0.25, -0.2) is 8.78 Å². The minimum atomic E-state index is -3.60. The fourth-order valence-corrected chi connectivity index (χ4v) is 4.97. The van der Waals surface area contributed by atoms with Crippen molar-refractivity contribution in [2.75, 3.05) is 0 Å². The standard InChI is InChI=1S/C36H29ClF4O/c1-2-3-4-5-24-6-8-25(9-7-24)27-12-20-33(34(38)22-27)28-13-21-32(35(39)23-28)26-10-14-29(15-11-26)36(40,41)42-31-18-16-30(37)17-19-31/h6-23H,2-5H2,1H3. The van der Waals surface area contributed by atoms with E-state index >= 15 is 8.78 Å². The zero-order valence-electron chi connectivity index (χ0n) is 23.0. The maximum absolute atomic E-state index is 15.2. The smallest absolute Gasteiger partial charge is 0.426 e. The van der Waals surface area contributed by atoms with E-state index in [-0.39, 0.29) is 22.4 Å². The molecule has 0 aliphatic carbocycles. The van der Waals surface area contributed by atoms with Crippen LogP contribution in [-0.4, -0.2) is 0 Å². The summed E-state index contributed by atoms with van der Waals surface area (Å²) in [4.78, 5) is 0. The lowest BCUT2D eigenvalue weighted by molar-refractivity contribution is -0.185. The molecule has 0 spiro atoms. The Labute approximate surface area is 248 Å². The third kappa shape index (κ3) is 6.85. The van der Waals surface area contributed by atoms with Gasteiger partial charge in [-0.05, 0) is 89.2 Å². The molecule has 5 aromatic rings. The van der Waals surface area contributed by atoms with Gasteiger partial charge >= 0.3 is 6.11 Å². The van der Waals surface area contributed by atoms with Crippen LogP contribution in [0.2, 0.25) is 5.02 Å². The molecule has 0 saturated heterocycles. The molecule has 42 heavy (non-hydrogen) atoms. The summed E-state index contributed by atoms with van der Waals surface area (Å²) in [6, 6.07) is 28.2. The molecule has 214 valence electrons. The number of aryl methyl sites for hydroxylation is 1. The normalized spacial score (nSPS) is 11.5. The zero-order chi connectivity index (χ0) is 29.7. The van der Waals surface area contributed by atoms with E-state index in [9.17, 15) is 8.78 Å². The molecule has 0 unspecified atom stereocenters. The van der Waals surface area contributed by atoms with Gasteiger partial charge in [-0.2, -0.15) is 8.78 Å². The number of benzene rings is 5. The van der Waals surface area contributed by atoms with Crippen LogP contribution >= 0.6 is 11.6 Å². The predicted octanol–water partition coefficient (Wildman–Crippen LogP) is 11.5. The second-order valence-corrected chi connectivity index (χ2v) is 10.6. The van der Waals surface area contributed by atoms with Gasteiger partial charge in [0.25, 0.3) is 0 Å². The van der Waals surface area contributed by atoms with Crippen molar-refractivity contribution in [2.24, 2.45) is 0 Å². The molecule has 5 rings (SSSR count). The largest absolute Gasteiger partial charge is 0.429 e. The van der Waals surface area contributed by atoms with Crippen LogP contribution in [-0.2, 0) is 12.5 Å². The fraction of sp³-hybridized carbons (Fsp3) is 0.167. The number of alkyl halides is 2. The zero-order valence-corrected chi connectivity index (χ0v) is 23.8. The molecule has 1 nitrogen and oxygen atoms in total. The van der Waals surface area contributed by atoms with E-state index in [4.69, 9.17) is 16.3 Å². The van der Waals surface area contributed by atoms with Gasteiger partial charge in [0.1, 0.15) is 17.4 Å². The highest BCUT2D eigenvalue weighted by molar-refractivity contribution is 6.30. The van der Waals surface area contributed by atoms with E-state index in [1.807, 2.05) is 18.2 Å². The Morgan fingerprint density at radius 3 is 1.79 bits per heavy atom. The number of halogens is 5. The van der Waals surface area contributed by atoms with E-state index in [1.54, 1.807) is 12.1 Å². The van der Waals surface area contributed by atoms with Crippen LogP contribution in [0.5, 0.6) is 5.75 Å². The summed E-state index contributed by atoms with van der Waals surface area (Å²) >= 11 is 5.80. The van der Waals surface area contributed by atoms with Crippen LogP contribution in [0.3, 0.4) is 0 Å². The maximum atomic E-state index is 15.2. The highest BCUT2D eigenvalue weighted by Gasteiger charge is 2.34. The second-order valence-electron chi connectivity index (χ2n) is 10.2. The lowest BCUT2D eigenvalue weighted by atomic mass is 9.96. The first-order valence-electron chi connectivity index (χ1n) is 13.9. The van der Waals surface area contributed by atoms with Crippen LogP contribution in [0, 0.1) is 11.6 Å². The molecular formula is C36H29ClF4O. The highest BCUT2D eigenvalue weighted by Crippen LogP contribution is 2.35. The molecule has 0 aromatic heterocycles. The molecule has 0 fully saturated rings. The van der Waals surface area contributed by atoms with Crippen LogP contribution in [0.15, 0.2) is 109 Å². The van der Waals surface area contributed by atoms with Crippen molar-refractivity contribution in [3.63, 3.8) is 0 Å². The topological polar surface area (TPSA) is 9.23 Å². The first-order chi connectivity index (χ1) is 20.2. The van der Waals surface area contributed by atoms with Crippen molar-refractivity contribution < 1.29 is 22.3 Å². The van der Waals surface area contributed by atoms with Crippen LogP contribution < -0.4 is 4.74 Å². The summed E-state index contributed by atoms with van der Waals surface area (Å²) in [7, 11) is 0. The average molecular weight is 589 g/mol. The SMILES string of the molecule is CCCCCc1ccc(-c2ccc(-c3ccc(-c4ccc(C(F)(F)Oc5ccc(Cl)cc5)cc4)c(F)c3)c(F)c2)cc1. The van der Waals surface area contributed by atoms with Gasteiger partial charge in [0, 0.05) is 16.1 Å². The predicted molar refractivity (Wildman–Crippen MR) is 162 cm³/mol. The van der Waals surface area contributed by atoms with E-state index in [0.29, 0.717) is 16.1 Å². The lowest BCUT2D eigenvalue weighted by Gasteiger charge is -2.18. The Kier molecular flexibility index (Phi) is 8.98. The molecule has 5 aromatic carbocycles. The van der Waals surface area contributed by atoms with Crippen molar-refractivity contribution in [1.29, 1.82) is 0 Å². The summed E-state index contributed by atoms with van der Waals surface area (Å²) in [5, 5.41) is 0.404. The average Bonchev–Trinajstić information content (AvgIpc) is 2.99. The molecule has 6 heteroatoms. The Bertz CT molecular complexity index is 1650. The minimum Gasteiger partial charge on any atom is -0.429 e. The molecule has 0 radical (unpaired) electrons. The minimum absolute atomic E-state index is 0.0360. The Balaban J connectivity index is 1.30. The number of rotatable bonds is 10. The van der Waals surface area contributed by atoms with Crippen LogP contribution in [0.4, 0.5) is 17.6 Å². The van der Waals surface area contributed by atoms with E-state index in [2.05, 4.69) is 19.1 Å². The van der Waals surface area contributed by atoms with Gasteiger partial charge < -0.3 is 4.74 Å². The van der Waals surface area contributed by atoms with Gasteiger partial charge in [-0.15, -0.1) is 0 Å². The third-order valence-electron chi connectivity index (χ3n) is 7.20. The third-order valence-corrected chi connectivity index (χ3v) is 7.45. The number of hydrogen-bond acceptors (Lipinski definition) is 1. The quantitative estimate of drug-likeness (QED) is 0.116. The van der Waals surface area contributed by atoms with Gasteiger partial charge in [0.2, 0.25) is 0 Å².